The van der Waals surface area contributed by atoms with Gasteiger partial charge in [-0.1, -0.05) is 0 Å². The van der Waals surface area contributed by atoms with Gasteiger partial charge in [-0.2, -0.15) is 0 Å². The van der Waals surface area contributed by atoms with Crippen molar-refractivity contribution in [2.24, 2.45) is 5.92 Å². The van der Waals surface area contributed by atoms with E-state index in [2.05, 4.69) is 10.3 Å². The maximum atomic E-state index is 12.7. The van der Waals surface area contributed by atoms with Crippen molar-refractivity contribution in [2.75, 3.05) is 23.4 Å². The molecule has 2 aromatic heterocycles. The summed E-state index contributed by atoms with van der Waals surface area (Å²) in [6, 6.07) is 3.22. The number of hydrogen-bond acceptors (Lipinski definition) is 4. The minimum Gasteiger partial charge on any atom is -0.320 e. The average molecular weight is 348 g/mol. The van der Waals surface area contributed by atoms with Crippen LogP contribution in [0.4, 0.5) is 10.5 Å². The third kappa shape index (κ3) is 3.10. The first-order chi connectivity index (χ1) is 11.5. The number of hydrogen-bond donors (Lipinski definition) is 1. The number of carbonyl (C=O) groups is 1. The van der Waals surface area contributed by atoms with Crippen LogP contribution in [0.25, 0.3) is 5.65 Å². The Morgan fingerprint density at radius 3 is 2.92 bits per heavy atom. The molecule has 24 heavy (non-hydrogen) atoms. The maximum absolute atomic E-state index is 12.7. The van der Waals surface area contributed by atoms with Crippen molar-refractivity contribution in [1.29, 1.82) is 0 Å². The fourth-order valence-electron chi connectivity index (χ4n) is 3.37. The number of imidazole rings is 1. The molecule has 3 heterocycles. The molecule has 1 atom stereocenters. The van der Waals surface area contributed by atoms with Crippen LogP contribution in [-0.2, 0) is 9.84 Å². The molecule has 2 aromatic rings. The van der Waals surface area contributed by atoms with Gasteiger partial charge < -0.3 is 14.6 Å². The first kappa shape index (κ1) is 15.4. The number of amides is 2. The Bertz CT molecular complexity index is 872. The summed E-state index contributed by atoms with van der Waals surface area (Å²) in [6.45, 7) is 0.486. The van der Waals surface area contributed by atoms with Gasteiger partial charge in [0.15, 0.2) is 9.84 Å². The van der Waals surface area contributed by atoms with Crippen molar-refractivity contribution in [2.45, 2.75) is 25.3 Å². The molecule has 1 unspecified atom stereocenters. The van der Waals surface area contributed by atoms with Crippen molar-refractivity contribution in [3.63, 3.8) is 0 Å². The molecular weight excluding hydrogens is 328 g/mol. The van der Waals surface area contributed by atoms with Gasteiger partial charge in [-0.05, 0) is 37.3 Å². The third-order valence-corrected chi connectivity index (χ3v) is 6.51. The van der Waals surface area contributed by atoms with E-state index >= 15 is 0 Å². The Balaban J connectivity index is 1.55. The van der Waals surface area contributed by atoms with Gasteiger partial charge in [0.05, 0.1) is 23.2 Å². The average Bonchev–Trinajstić information content (AvgIpc) is 3.29. The predicted molar refractivity (Wildman–Crippen MR) is 90.7 cm³/mol. The van der Waals surface area contributed by atoms with Gasteiger partial charge in [0.1, 0.15) is 5.65 Å². The highest BCUT2D eigenvalue weighted by Gasteiger charge is 2.41. The van der Waals surface area contributed by atoms with Gasteiger partial charge in [0, 0.05) is 25.1 Å². The van der Waals surface area contributed by atoms with Crippen LogP contribution < -0.4 is 5.32 Å². The SMILES string of the molecule is O=C(Nc1ccc2nccn2c1)N1CCCS(=O)(=O)CC1C1CC1. The highest BCUT2D eigenvalue weighted by atomic mass is 32.2. The van der Waals surface area contributed by atoms with E-state index in [0.29, 0.717) is 24.6 Å². The molecule has 128 valence electrons. The second kappa shape index (κ2) is 5.77. The molecule has 1 saturated heterocycles. The van der Waals surface area contributed by atoms with E-state index in [1.54, 1.807) is 23.4 Å². The first-order valence-electron chi connectivity index (χ1n) is 8.23. The van der Waals surface area contributed by atoms with E-state index < -0.39 is 9.84 Å². The number of carbonyl (C=O) groups excluding carboxylic acids is 1. The number of fused-ring (bicyclic) bond motifs is 1. The summed E-state index contributed by atoms with van der Waals surface area (Å²) >= 11 is 0. The summed E-state index contributed by atoms with van der Waals surface area (Å²) < 4.78 is 26.0. The predicted octanol–water partition coefficient (Wildman–Crippen LogP) is 1.77. The number of anilines is 1. The summed E-state index contributed by atoms with van der Waals surface area (Å²) in [4.78, 5) is 18.6. The zero-order valence-corrected chi connectivity index (χ0v) is 14.1. The van der Waals surface area contributed by atoms with Crippen LogP contribution in [0.3, 0.4) is 0 Å². The molecule has 2 aliphatic rings. The zero-order chi connectivity index (χ0) is 16.7. The molecule has 1 N–H and O–H groups in total. The molecule has 7 nitrogen and oxygen atoms in total. The van der Waals surface area contributed by atoms with Gasteiger partial charge in [0.2, 0.25) is 0 Å². The van der Waals surface area contributed by atoms with Crippen LogP contribution in [0.2, 0.25) is 0 Å². The van der Waals surface area contributed by atoms with E-state index in [1.807, 2.05) is 16.7 Å². The monoisotopic (exact) mass is 348 g/mol. The number of rotatable bonds is 2. The normalized spacial score (nSPS) is 23.8. The quantitative estimate of drug-likeness (QED) is 0.896. The Morgan fingerprint density at radius 2 is 2.12 bits per heavy atom. The lowest BCUT2D eigenvalue weighted by Gasteiger charge is -2.29. The highest BCUT2D eigenvalue weighted by molar-refractivity contribution is 7.91. The highest BCUT2D eigenvalue weighted by Crippen LogP contribution is 2.37. The van der Waals surface area contributed by atoms with Crippen molar-refractivity contribution in [3.8, 4) is 0 Å². The summed E-state index contributed by atoms with van der Waals surface area (Å²) in [5.41, 5.74) is 1.48. The molecular formula is C16H20N4O3S. The number of urea groups is 1. The molecule has 0 radical (unpaired) electrons. The second-order valence-electron chi connectivity index (χ2n) is 6.61. The first-order valence-corrected chi connectivity index (χ1v) is 10.0. The van der Waals surface area contributed by atoms with Gasteiger partial charge in [-0.25, -0.2) is 18.2 Å². The van der Waals surface area contributed by atoms with E-state index in [1.165, 1.54) is 0 Å². The van der Waals surface area contributed by atoms with Gasteiger partial charge in [-0.3, -0.25) is 0 Å². The van der Waals surface area contributed by atoms with Crippen LogP contribution in [0.15, 0.2) is 30.7 Å². The van der Waals surface area contributed by atoms with E-state index in [0.717, 1.165) is 18.5 Å². The minimum absolute atomic E-state index is 0.0889. The molecule has 1 saturated carbocycles. The fourth-order valence-corrected chi connectivity index (χ4v) is 5.08. The van der Waals surface area contributed by atoms with Crippen molar-refractivity contribution < 1.29 is 13.2 Å². The Kier molecular flexibility index (Phi) is 3.71. The molecule has 2 fully saturated rings. The number of sulfone groups is 1. The molecule has 0 bridgehead atoms. The number of aromatic nitrogens is 2. The largest absolute Gasteiger partial charge is 0.322 e. The van der Waals surface area contributed by atoms with Crippen molar-refractivity contribution in [1.82, 2.24) is 14.3 Å². The van der Waals surface area contributed by atoms with Crippen LogP contribution >= 0.6 is 0 Å². The molecule has 2 amide bonds. The molecule has 0 aromatic carbocycles. The lowest BCUT2D eigenvalue weighted by Crippen LogP contribution is -2.46. The van der Waals surface area contributed by atoms with Crippen molar-refractivity contribution >= 4 is 27.2 Å². The number of nitrogens with zero attached hydrogens (tertiary/aromatic N) is 3. The van der Waals surface area contributed by atoms with Crippen LogP contribution in [0.1, 0.15) is 19.3 Å². The van der Waals surface area contributed by atoms with Gasteiger partial charge in [-0.15, -0.1) is 0 Å². The van der Waals surface area contributed by atoms with Crippen LogP contribution in [-0.4, -0.2) is 52.8 Å². The Hall–Kier alpha value is -2.09. The Labute approximate surface area is 140 Å². The summed E-state index contributed by atoms with van der Waals surface area (Å²) in [5, 5.41) is 2.90. The fraction of sp³-hybridized carbons (Fsp3) is 0.500. The van der Waals surface area contributed by atoms with Crippen LogP contribution in [0, 0.1) is 5.92 Å². The molecule has 8 heteroatoms. The number of pyridine rings is 1. The smallest absolute Gasteiger partial charge is 0.320 e. The lowest BCUT2D eigenvalue weighted by atomic mass is 10.2. The summed E-state index contributed by atoms with van der Waals surface area (Å²) in [7, 11) is -3.07. The summed E-state index contributed by atoms with van der Waals surface area (Å²) in [5.74, 6) is 0.576. The van der Waals surface area contributed by atoms with E-state index in [4.69, 9.17) is 0 Å². The summed E-state index contributed by atoms with van der Waals surface area (Å²) in [6.07, 6.45) is 7.83. The van der Waals surface area contributed by atoms with Gasteiger partial charge in [0.25, 0.3) is 0 Å². The molecule has 1 aliphatic heterocycles. The van der Waals surface area contributed by atoms with E-state index in [-0.39, 0.29) is 23.6 Å². The van der Waals surface area contributed by atoms with E-state index in [9.17, 15) is 13.2 Å². The number of nitrogens with one attached hydrogen (secondary N) is 1. The van der Waals surface area contributed by atoms with Gasteiger partial charge >= 0.3 is 6.03 Å². The molecule has 0 spiro atoms. The lowest BCUT2D eigenvalue weighted by molar-refractivity contribution is 0.188. The Morgan fingerprint density at radius 1 is 1.29 bits per heavy atom. The molecule has 4 rings (SSSR count). The minimum atomic E-state index is -3.07. The zero-order valence-electron chi connectivity index (χ0n) is 13.3. The second-order valence-corrected chi connectivity index (χ2v) is 8.84. The van der Waals surface area contributed by atoms with Crippen molar-refractivity contribution in [3.05, 3.63) is 30.7 Å². The van der Waals surface area contributed by atoms with Crippen LogP contribution in [0.5, 0.6) is 0 Å². The topological polar surface area (TPSA) is 83.8 Å². The maximum Gasteiger partial charge on any atom is 0.322 e. The standard InChI is InChI=1S/C16H20N4O3S/c21-16(18-13-4-5-15-17-6-8-19(15)10-13)20-7-1-9-24(22,23)11-14(20)12-2-3-12/h4-6,8,10,12,14H,1-3,7,9,11H2,(H,18,21). The third-order valence-electron chi connectivity index (χ3n) is 4.75. The molecule has 1 aliphatic carbocycles.